The van der Waals surface area contributed by atoms with Crippen molar-refractivity contribution in [3.63, 3.8) is 0 Å². The topological polar surface area (TPSA) is 52.3 Å². The molecule has 2 aromatic carbocycles. The number of methoxy groups -OCH3 is 1. The van der Waals surface area contributed by atoms with Gasteiger partial charge in [0.2, 0.25) is 0 Å². The first-order chi connectivity index (χ1) is 13.4. The van der Waals surface area contributed by atoms with Gasteiger partial charge in [0.15, 0.2) is 10.6 Å². The standard InChI is InChI=1S/C20H21ClN4O2S/c1-23(12-14-4-6-16(7-5-14)19(26)27-3)13-25-20(28)24(2)18(22-25)15-8-10-17(21)11-9-15/h4-11H,12-13H2,1-3H3. The Balaban J connectivity index is 1.73. The van der Waals surface area contributed by atoms with Crippen molar-refractivity contribution in [3.05, 3.63) is 69.5 Å². The van der Waals surface area contributed by atoms with Crippen LogP contribution in [0.2, 0.25) is 5.02 Å². The number of carbonyl (C=O) groups is 1. The van der Waals surface area contributed by atoms with Gasteiger partial charge in [0.1, 0.15) is 0 Å². The second-order valence-corrected chi connectivity index (χ2v) is 7.32. The van der Waals surface area contributed by atoms with Gasteiger partial charge in [0, 0.05) is 24.2 Å². The molecule has 1 heterocycles. The molecule has 0 amide bonds. The Kier molecular flexibility index (Phi) is 6.28. The molecule has 0 fully saturated rings. The van der Waals surface area contributed by atoms with E-state index in [-0.39, 0.29) is 5.97 Å². The van der Waals surface area contributed by atoms with E-state index >= 15 is 0 Å². The number of rotatable bonds is 6. The van der Waals surface area contributed by atoms with E-state index in [1.165, 1.54) is 7.11 Å². The van der Waals surface area contributed by atoms with E-state index in [2.05, 4.69) is 10.00 Å². The predicted molar refractivity (Wildman–Crippen MR) is 112 cm³/mol. The minimum absolute atomic E-state index is 0.338. The first kappa shape index (κ1) is 20.3. The van der Waals surface area contributed by atoms with Gasteiger partial charge in [-0.15, -0.1) is 0 Å². The molecule has 0 N–H and O–H groups in total. The van der Waals surface area contributed by atoms with Crippen molar-refractivity contribution in [1.29, 1.82) is 0 Å². The van der Waals surface area contributed by atoms with Gasteiger partial charge >= 0.3 is 5.97 Å². The summed E-state index contributed by atoms with van der Waals surface area (Å²) in [7, 11) is 5.27. The summed E-state index contributed by atoms with van der Waals surface area (Å²) in [6.45, 7) is 1.23. The Morgan fingerprint density at radius 3 is 2.43 bits per heavy atom. The molecule has 146 valence electrons. The summed E-state index contributed by atoms with van der Waals surface area (Å²) in [5.74, 6) is 0.451. The number of ether oxygens (including phenoxy) is 1. The summed E-state index contributed by atoms with van der Waals surface area (Å²) in [4.78, 5) is 13.6. The zero-order valence-electron chi connectivity index (χ0n) is 15.9. The van der Waals surface area contributed by atoms with Crippen molar-refractivity contribution in [2.75, 3.05) is 14.2 Å². The van der Waals surface area contributed by atoms with Crippen LogP contribution < -0.4 is 0 Å². The summed E-state index contributed by atoms with van der Waals surface area (Å²) in [6.07, 6.45) is 0. The van der Waals surface area contributed by atoms with E-state index in [9.17, 15) is 4.79 Å². The van der Waals surface area contributed by atoms with Crippen LogP contribution in [0.25, 0.3) is 11.4 Å². The van der Waals surface area contributed by atoms with Crippen LogP contribution in [0.5, 0.6) is 0 Å². The third-order valence-corrected chi connectivity index (χ3v) is 5.08. The number of carbonyl (C=O) groups excluding carboxylic acids is 1. The highest BCUT2D eigenvalue weighted by Crippen LogP contribution is 2.20. The zero-order valence-corrected chi connectivity index (χ0v) is 17.5. The van der Waals surface area contributed by atoms with Gasteiger partial charge in [0.05, 0.1) is 19.3 Å². The zero-order chi connectivity index (χ0) is 20.3. The van der Waals surface area contributed by atoms with E-state index in [0.29, 0.717) is 28.6 Å². The number of nitrogens with zero attached hydrogens (tertiary/aromatic N) is 4. The molecule has 0 radical (unpaired) electrons. The minimum atomic E-state index is -0.338. The highest BCUT2D eigenvalue weighted by molar-refractivity contribution is 7.71. The Labute approximate surface area is 173 Å². The van der Waals surface area contributed by atoms with Gasteiger partial charge in [-0.25, -0.2) is 9.48 Å². The number of hydrogen-bond acceptors (Lipinski definition) is 5. The quantitative estimate of drug-likeness (QED) is 0.446. The molecule has 0 saturated carbocycles. The molecule has 0 aliphatic carbocycles. The second kappa shape index (κ2) is 8.68. The second-order valence-electron chi connectivity index (χ2n) is 6.52. The van der Waals surface area contributed by atoms with Crippen LogP contribution in [0, 0.1) is 4.77 Å². The molecule has 8 heteroatoms. The number of aromatic nitrogens is 3. The van der Waals surface area contributed by atoms with E-state index in [1.807, 2.05) is 55.1 Å². The SMILES string of the molecule is COC(=O)c1ccc(CN(C)Cn2nc(-c3ccc(Cl)cc3)n(C)c2=S)cc1. The van der Waals surface area contributed by atoms with E-state index < -0.39 is 0 Å². The maximum Gasteiger partial charge on any atom is 0.337 e. The largest absolute Gasteiger partial charge is 0.465 e. The molecule has 3 rings (SSSR count). The molecule has 0 spiro atoms. The van der Waals surface area contributed by atoms with Gasteiger partial charge in [0.25, 0.3) is 0 Å². The van der Waals surface area contributed by atoms with Gasteiger partial charge in [-0.1, -0.05) is 23.7 Å². The first-order valence-electron chi connectivity index (χ1n) is 8.64. The molecule has 0 aliphatic heterocycles. The average molecular weight is 417 g/mol. The van der Waals surface area contributed by atoms with Gasteiger partial charge < -0.3 is 9.30 Å². The molecule has 0 saturated heterocycles. The van der Waals surface area contributed by atoms with Crippen LogP contribution in [-0.4, -0.2) is 39.4 Å². The van der Waals surface area contributed by atoms with Crippen molar-refractivity contribution < 1.29 is 9.53 Å². The number of esters is 1. The lowest BCUT2D eigenvalue weighted by Gasteiger charge is -2.16. The maximum absolute atomic E-state index is 11.5. The van der Waals surface area contributed by atoms with Crippen molar-refractivity contribution in [3.8, 4) is 11.4 Å². The third kappa shape index (κ3) is 4.49. The van der Waals surface area contributed by atoms with Crippen molar-refractivity contribution in [2.24, 2.45) is 7.05 Å². The fraction of sp³-hybridized carbons (Fsp3) is 0.250. The molecule has 0 atom stereocenters. The smallest absolute Gasteiger partial charge is 0.337 e. The molecule has 3 aromatic rings. The van der Waals surface area contributed by atoms with Gasteiger partial charge in [-0.2, -0.15) is 5.10 Å². The molecule has 1 aromatic heterocycles. The number of halogens is 1. The fourth-order valence-corrected chi connectivity index (χ4v) is 3.20. The van der Waals surface area contributed by atoms with Crippen LogP contribution >= 0.6 is 23.8 Å². The molecule has 0 aliphatic rings. The Bertz CT molecular complexity index is 1030. The van der Waals surface area contributed by atoms with Crippen LogP contribution in [0.3, 0.4) is 0 Å². The van der Waals surface area contributed by atoms with Crippen molar-refractivity contribution in [1.82, 2.24) is 19.2 Å². The highest BCUT2D eigenvalue weighted by atomic mass is 35.5. The molecular weight excluding hydrogens is 396 g/mol. The van der Waals surface area contributed by atoms with Gasteiger partial charge in [-0.3, -0.25) is 4.90 Å². The lowest BCUT2D eigenvalue weighted by atomic mass is 10.1. The van der Waals surface area contributed by atoms with Crippen LogP contribution in [-0.2, 0) is 25.0 Å². The van der Waals surface area contributed by atoms with Gasteiger partial charge in [-0.05, 0) is 61.2 Å². The highest BCUT2D eigenvalue weighted by Gasteiger charge is 2.12. The Morgan fingerprint density at radius 1 is 1.18 bits per heavy atom. The van der Waals surface area contributed by atoms with Crippen LogP contribution in [0.4, 0.5) is 0 Å². The van der Waals surface area contributed by atoms with Crippen molar-refractivity contribution in [2.45, 2.75) is 13.2 Å². The molecule has 0 bridgehead atoms. The molecule has 0 unspecified atom stereocenters. The monoisotopic (exact) mass is 416 g/mol. The summed E-state index contributed by atoms with van der Waals surface area (Å²) in [5, 5.41) is 5.35. The fourth-order valence-electron chi connectivity index (χ4n) is 2.88. The van der Waals surface area contributed by atoms with Crippen LogP contribution in [0.15, 0.2) is 48.5 Å². The first-order valence-corrected chi connectivity index (χ1v) is 9.43. The summed E-state index contributed by atoms with van der Waals surface area (Å²) < 4.78 is 9.04. The Hall–Kier alpha value is -2.48. The average Bonchev–Trinajstić information content (AvgIpc) is 2.97. The lowest BCUT2D eigenvalue weighted by molar-refractivity contribution is 0.0600. The predicted octanol–water partition coefficient (Wildman–Crippen LogP) is 4.15. The van der Waals surface area contributed by atoms with E-state index in [1.54, 1.807) is 16.8 Å². The van der Waals surface area contributed by atoms with E-state index in [0.717, 1.165) is 17.0 Å². The maximum atomic E-state index is 11.5. The van der Waals surface area contributed by atoms with Crippen LogP contribution in [0.1, 0.15) is 15.9 Å². The summed E-state index contributed by atoms with van der Waals surface area (Å²) in [6, 6.07) is 14.9. The third-order valence-electron chi connectivity index (χ3n) is 4.35. The van der Waals surface area contributed by atoms with E-state index in [4.69, 9.17) is 28.6 Å². The summed E-state index contributed by atoms with van der Waals surface area (Å²) in [5.41, 5.74) is 2.57. The molecule has 6 nitrogen and oxygen atoms in total. The number of benzene rings is 2. The van der Waals surface area contributed by atoms with Crippen molar-refractivity contribution >= 4 is 29.8 Å². The lowest BCUT2D eigenvalue weighted by Crippen LogP contribution is -2.22. The molecule has 28 heavy (non-hydrogen) atoms. The Morgan fingerprint density at radius 2 is 1.82 bits per heavy atom. The normalized spacial score (nSPS) is 11.0. The molecular formula is C20H21ClN4O2S. The minimum Gasteiger partial charge on any atom is -0.465 e. The summed E-state index contributed by atoms with van der Waals surface area (Å²) >= 11 is 11.5. The number of hydrogen-bond donors (Lipinski definition) is 0.